The molecule has 0 unspecified atom stereocenters. The van der Waals surface area contributed by atoms with E-state index in [1.165, 1.54) is 23.3 Å². The van der Waals surface area contributed by atoms with Crippen LogP contribution in [0.1, 0.15) is 22.3 Å². The summed E-state index contributed by atoms with van der Waals surface area (Å²) in [5, 5.41) is 2.08. The van der Waals surface area contributed by atoms with Gasteiger partial charge in [0.2, 0.25) is 0 Å². The molecule has 20 heavy (non-hydrogen) atoms. The first-order valence-corrected chi connectivity index (χ1v) is 6.48. The molecule has 2 aromatic carbocycles. The first-order valence-electron chi connectivity index (χ1n) is 6.48. The molecule has 0 saturated heterocycles. The van der Waals surface area contributed by atoms with Gasteiger partial charge in [0.05, 0.1) is 5.56 Å². The van der Waals surface area contributed by atoms with Gasteiger partial charge < -0.3 is 5.32 Å². The molecular weight excluding hydrogens is 263 g/mol. The van der Waals surface area contributed by atoms with Crippen molar-refractivity contribution in [1.29, 1.82) is 0 Å². The summed E-state index contributed by atoms with van der Waals surface area (Å²) in [4.78, 5) is 0. The Hall–Kier alpha value is -1.81. The van der Waals surface area contributed by atoms with E-state index < -0.39 is 11.7 Å². The molecule has 1 nitrogen and oxygen atoms in total. The van der Waals surface area contributed by atoms with Crippen molar-refractivity contribution in [3.05, 3.63) is 70.8 Å². The van der Waals surface area contributed by atoms with Gasteiger partial charge in [0, 0.05) is 11.1 Å². The van der Waals surface area contributed by atoms with Gasteiger partial charge in [0.25, 0.3) is 0 Å². The highest BCUT2D eigenvalue weighted by Crippen LogP contribution is 2.28. The Morgan fingerprint density at radius 2 is 1.25 bits per heavy atom. The summed E-state index contributed by atoms with van der Waals surface area (Å²) in [6.07, 6.45) is -4.26. The van der Waals surface area contributed by atoms with E-state index in [0.29, 0.717) is 6.54 Å². The van der Waals surface area contributed by atoms with Crippen molar-refractivity contribution >= 4 is 0 Å². The van der Waals surface area contributed by atoms with Gasteiger partial charge in [-0.05, 0) is 19.1 Å². The number of benzene rings is 2. The maximum Gasteiger partial charge on any atom is 0.416 e. The van der Waals surface area contributed by atoms with E-state index >= 15 is 0 Å². The van der Waals surface area contributed by atoms with Crippen LogP contribution in [0.4, 0.5) is 13.2 Å². The molecular formula is C16H17F3N+. The number of alkyl halides is 3. The molecule has 0 amide bonds. The van der Waals surface area contributed by atoms with Gasteiger partial charge in [-0.3, -0.25) is 0 Å². The SMILES string of the molecule is Cc1ccc(C[NH2+]Cc2ccc(C(F)(F)F)cc2)cc1. The second-order valence-corrected chi connectivity index (χ2v) is 4.88. The van der Waals surface area contributed by atoms with E-state index in [2.05, 4.69) is 29.6 Å². The Balaban J connectivity index is 1.87. The maximum absolute atomic E-state index is 12.4. The van der Waals surface area contributed by atoms with Crippen LogP contribution >= 0.6 is 0 Å². The lowest BCUT2D eigenvalue weighted by Gasteiger charge is -2.07. The third-order valence-electron chi connectivity index (χ3n) is 3.16. The lowest BCUT2D eigenvalue weighted by atomic mass is 10.1. The summed E-state index contributed by atoms with van der Waals surface area (Å²) in [6.45, 7) is 3.53. The largest absolute Gasteiger partial charge is 0.416 e. The number of hydrogen-bond acceptors (Lipinski definition) is 0. The molecule has 0 atom stereocenters. The van der Waals surface area contributed by atoms with Crippen LogP contribution in [-0.2, 0) is 19.3 Å². The minimum absolute atomic E-state index is 0.597. The van der Waals surface area contributed by atoms with E-state index in [1.54, 1.807) is 0 Å². The monoisotopic (exact) mass is 280 g/mol. The Morgan fingerprint density at radius 1 is 0.800 bits per heavy atom. The van der Waals surface area contributed by atoms with Crippen LogP contribution in [0.25, 0.3) is 0 Å². The van der Waals surface area contributed by atoms with Crippen molar-refractivity contribution in [2.24, 2.45) is 0 Å². The first kappa shape index (κ1) is 14.6. The Morgan fingerprint density at radius 3 is 1.70 bits per heavy atom. The lowest BCUT2D eigenvalue weighted by Crippen LogP contribution is -2.80. The molecule has 2 aromatic rings. The van der Waals surface area contributed by atoms with Crippen LogP contribution in [-0.4, -0.2) is 0 Å². The highest BCUT2D eigenvalue weighted by Gasteiger charge is 2.29. The average molecular weight is 280 g/mol. The second-order valence-electron chi connectivity index (χ2n) is 4.88. The van der Waals surface area contributed by atoms with Gasteiger partial charge >= 0.3 is 6.18 Å². The molecule has 4 heteroatoms. The Kier molecular flexibility index (Phi) is 4.45. The zero-order valence-corrected chi connectivity index (χ0v) is 11.2. The Bertz CT molecular complexity index is 541. The molecule has 0 heterocycles. The average Bonchev–Trinajstić information content (AvgIpc) is 2.41. The molecule has 0 bridgehead atoms. The van der Waals surface area contributed by atoms with Crippen LogP contribution in [0.2, 0.25) is 0 Å². The molecule has 0 saturated carbocycles. The van der Waals surface area contributed by atoms with Crippen molar-refractivity contribution in [3.63, 3.8) is 0 Å². The molecule has 2 N–H and O–H groups in total. The van der Waals surface area contributed by atoms with Crippen LogP contribution < -0.4 is 5.32 Å². The summed E-state index contributed by atoms with van der Waals surface area (Å²) in [6, 6.07) is 13.6. The van der Waals surface area contributed by atoms with E-state index in [4.69, 9.17) is 0 Å². The zero-order valence-electron chi connectivity index (χ0n) is 11.2. The fraction of sp³-hybridized carbons (Fsp3) is 0.250. The smallest absolute Gasteiger partial charge is 0.339 e. The molecule has 0 spiro atoms. The second kappa shape index (κ2) is 6.09. The number of nitrogens with two attached hydrogens (primary N) is 1. The van der Waals surface area contributed by atoms with Gasteiger partial charge in [-0.25, -0.2) is 0 Å². The minimum Gasteiger partial charge on any atom is -0.339 e. The summed E-state index contributed by atoms with van der Waals surface area (Å²) < 4.78 is 37.3. The number of aryl methyl sites for hydroxylation is 1. The first-order chi connectivity index (χ1) is 9.45. The van der Waals surface area contributed by atoms with Crippen LogP contribution in [0.15, 0.2) is 48.5 Å². The summed E-state index contributed by atoms with van der Waals surface area (Å²) in [7, 11) is 0. The van der Waals surface area contributed by atoms with Crippen molar-refractivity contribution in [2.75, 3.05) is 0 Å². The number of rotatable bonds is 4. The topological polar surface area (TPSA) is 16.6 Å². The molecule has 2 rings (SSSR count). The third-order valence-corrected chi connectivity index (χ3v) is 3.16. The predicted molar refractivity (Wildman–Crippen MR) is 72.0 cm³/mol. The van der Waals surface area contributed by atoms with Crippen LogP contribution in [0.5, 0.6) is 0 Å². The standard InChI is InChI=1S/C16H16F3N/c1-12-2-4-13(5-3-12)10-20-11-14-6-8-15(9-7-14)16(17,18)19/h2-9,20H,10-11H2,1H3/p+1. The van der Waals surface area contributed by atoms with E-state index in [0.717, 1.165) is 24.2 Å². The molecule has 0 fully saturated rings. The number of quaternary nitrogens is 1. The summed E-state index contributed by atoms with van der Waals surface area (Å²) in [5.41, 5.74) is 2.73. The van der Waals surface area contributed by atoms with E-state index in [9.17, 15) is 13.2 Å². The number of hydrogen-bond donors (Lipinski definition) is 1. The van der Waals surface area contributed by atoms with Gasteiger partial charge in [-0.1, -0.05) is 42.0 Å². The molecule has 0 aliphatic heterocycles. The molecule has 0 aromatic heterocycles. The lowest BCUT2D eigenvalue weighted by molar-refractivity contribution is -0.686. The molecule has 106 valence electrons. The molecule has 0 aliphatic carbocycles. The summed E-state index contributed by atoms with van der Waals surface area (Å²) in [5.74, 6) is 0. The van der Waals surface area contributed by atoms with E-state index in [-0.39, 0.29) is 0 Å². The predicted octanol–water partition coefficient (Wildman–Crippen LogP) is 3.28. The van der Waals surface area contributed by atoms with Crippen LogP contribution in [0.3, 0.4) is 0 Å². The van der Waals surface area contributed by atoms with Gasteiger partial charge in [-0.15, -0.1) is 0 Å². The summed E-state index contributed by atoms with van der Waals surface area (Å²) >= 11 is 0. The number of halogens is 3. The van der Waals surface area contributed by atoms with Crippen molar-refractivity contribution in [3.8, 4) is 0 Å². The Labute approximate surface area is 116 Å². The highest BCUT2D eigenvalue weighted by molar-refractivity contribution is 5.24. The molecule has 0 aliphatic rings. The van der Waals surface area contributed by atoms with Gasteiger partial charge in [-0.2, -0.15) is 13.2 Å². The maximum atomic E-state index is 12.4. The quantitative estimate of drug-likeness (QED) is 0.885. The fourth-order valence-corrected chi connectivity index (χ4v) is 1.96. The fourth-order valence-electron chi connectivity index (χ4n) is 1.96. The van der Waals surface area contributed by atoms with Crippen molar-refractivity contribution < 1.29 is 18.5 Å². The third kappa shape index (κ3) is 4.10. The van der Waals surface area contributed by atoms with Crippen molar-refractivity contribution in [2.45, 2.75) is 26.2 Å². The van der Waals surface area contributed by atoms with Crippen molar-refractivity contribution in [1.82, 2.24) is 0 Å². The zero-order chi connectivity index (χ0) is 14.6. The molecule has 0 radical (unpaired) electrons. The van der Waals surface area contributed by atoms with Crippen LogP contribution in [0, 0.1) is 6.92 Å². The minimum atomic E-state index is -4.26. The highest BCUT2D eigenvalue weighted by atomic mass is 19.4. The van der Waals surface area contributed by atoms with E-state index in [1.807, 2.05) is 6.92 Å². The van der Waals surface area contributed by atoms with Gasteiger partial charge in [0.15, 0.2) is 0 Å². The normalized spacial score (nSPS) is 11.6. The van der Waals surface area contributed by atoms with Gasteiger partial charge in [0.1, 0.15) is 13.1 Å².